The zero-order chi connectivity index (χ0) is 19.7. The van der Waals surface area contributed by atoms with Crippen molar-refractivity contribution in [2.24, 2.45) is 0 Å². The second-order valence-electron chi connectivity index (χ2n) is 6.98. The van der Waals surface area contributed by atoms with Crippen LogP contribution < -0.4 is 4.90 Å². The van der Waals surface area contributed by atoms with Crippen molar-refractivity contribution in [2.45, 2.75) is 25.9 Å². The average Bonchev–Trinajstić information content (AvgIpc) is 3.16. The fourth-order valence-electron chi connectivity index (χ4n) is 3.59. The number of anilines is 1. The Morgan fingerprint density at radius 1 is 1.50 bits per heavy atom. The van der Waals surface area contributed by atoms with Gasteiger partial charge < -0.3 is 14.6 Å². The Bertz CT molecular complexity index is 1070. The maximum Gasteiger partial charge on any atom is 0.410 e. The first kappa shape index (κ1) is 18.0. The Kier molecular flexibility index (Phi) is 4.69. The second kappa shape index (κ2) is 7.31. The van der Waals surface area contributed by atoms with Gasteiger partial charge in [0.05, 0.1) is 29.7 Å². The molecule has 4 rings (SSSR count). The van der Waals surface area contributed by atoms with Crippen LogP contribution in [-0.2, 0) is 4.74 Å². The van der Waals surface area contributed by atoms with Gasteiger partial charge in [-0.25, -0.2) is 19.7 Å². The number of carbonyl (C=O) groups is 1. The van der Waals surface area contributed by atoms with E-state index in [0.717, 1.165) is 47.3 Å². The van der Waals surface area contributed by atoms with Gasteiger partial charge in [0, 0.05) is 25.2 Å². The van der Waals surface area contributed by atoms with Crippen LogP contribution in [0.15, 0.2) is 18.5 Å². The molecule has 0 aromatic carbocycles. The summed E-state index contributed by atoms with van der Waals surface area (Å²) >= 11 is 0. The number of aryl methyl sites for hydroxylation is 1. The van der Waals surface area contributed by atoms with Gasteiger partial charge in [0.15, 0.2) is 5.65 Å². The largest absolute Gasteiger partial charge is 0.444 e. The van der Waals surface area contributed by atoms with Gasteiger partial charge in [0.1, 0.15) is 24.3 Å². The minimum Gasteiger partial charge on any atom is -0.444 e. The summed E-state index contributed by atoms with van der Waals surface area (Å²) in [6, 6.07) is 3.89. The van der Waals surface area contributed by atoms with Crippen LogP contribution in [0.5, 0.6) is 0 Å². The number of hydrogen-bond acceptors (Lipinski definition) is 7. The van der Waals surface area contributed by atoms with Gasteiger partial charge in [0.2, 0.25) is 0 Å². The molecule has 9 heteroatoms. The van der Waals surface area contributed by atoms with Crippen LogP contribution in [0.25, 0.3) is 21.9 Å². The Morgan fingerprint density at radius 2 is 2.36 bits per heavy atom. The van der Waals surface area contributed by atoms with Gasteiger partial charge in [-0.15, -0.1) is 0 Å². The SMILES string of the molecule is Cc1nc(N2CCCC(OC(=O)N(C)CC#N)C2)c2c(cnc3nccc32)[nH]1. The summed E-state index contributed by atoms with van der Waals surface area (Å²) in [6.45, 7) is 3.29. The van der Waals surface area contributed by atoms with E-state index in [1.165, 1.54) is 4.90 Å². The third kappa shape index (κ3) is 3.29. The van der Waals surface area contributed by atoms with E-state index in [1.54, 1.807) is 19.4 Å². The van der Waals surface area contributed by atoms with E-state index in [-0.39, 0.29) is 12.6 Å². The summed E-state index contributed by atoms with van der Waals surface area (Å²) in [5, 5.41) is 10.7. The van der Waals surface area contributed by atoms with Gasteiger partial charge in [-0.2, -0.15) is 5.26 Å². The lowest BCUT2D eigenvalue weighted by atomic mass is 10.1. The molecule has 4 heterocycles. The van der Waals surface area contributed by atoms with E-state index in [9.17, 15) is 4.79 Å². The third-order valence-electron chi connectivity index (χ3n) is 4.91. The van der Waals surface area contributed by atoms with Crippen LogP contribution in [0.3, 0.4) is 0 Å². The topological polar surface area (TPSA) is 111 Å². The number of hydrogen-bond donors (Lipinski definition) is 1. The predicted molar refractivity (Wildman–Crippen MR) is 104 cm³/mol. The molecule has 1 amide bonds. The normalized spacial score (nSPS) is 16.9. The number of rotatable bonds is 3. The molecule has 1 unspecified atom stereocenters. The zero-order valence-electron chi connectivity index (χ0n) is 15.8. The molecule has 1 atom stereocenters. The number of carbonyl (C=O) groups excluding carboxylic acids is 1. The number of nitriles is 1. The zero-order valence-corrected chi connectivity index (χ0v) is 15.8. The molecule has 3 aromatic heterocycles. The Hall–Kier alpha value is -3.41. The first-order valence-corrected chi connectivity index (χ1v) is 9.20. The molecule has 0 spiro atoms. The number of aromatic nitrogens is 4. The lowest BCUT2D eigenvalue weighted by molar-refractivity contribution is 0.0646. The number of piperidine rings is 1. The van der Waals surface area contributed by atoms with Gasteiger partial charge in [-0.1, -0.05) is 0 Å². The average molecular weight is 379 g/mol. The third-order valence-corrected chi connectivity index (χ3v) is 4.91. The smallest absolute Gasteiger partial charge is 0.410 e. The number of H-pyrrole nitrogens is 1. The molecule has 1 N–H and O–H groups in total. The Labute approximate surface area is 161 Å². The lowest BCUT2D eigenvalue weighted by Gasteiger charge is -2.34. The first-order chi connectivity index (χ1) is 13.6. The number of ether oxygens (including phenoxy) is 1. The van der Waals surface area contributed by atoms with Gasteiger partial charge in [-0.3, -0.25) is 4.90 Å². The maximum atomic E-state index is 12.1. The molecule has 1 aliphatic rings. The fourth-order valence-corrected chi connectivity index (χ4v) is 3.59. The monoisotopic (exact) mass is 379 g/mol. The molecule has 0 saturated carbocycles. The Balaban J connectivity index is 1.65. The van der Waals surface area contributed by atoms with Crippen LogP contribution in [0.4, 0.5) is 10.6 Å². The van der Waals surface area contributed by atoms with E-state index in [2.05, 4.69) is 19.9 Å². The quantitative estimate of drug-likeness (QED) is 0.695. The van der Waals surface area contributed by atoms with Crippen LogP contribution in [-0.4, -0.2) is 63.7 Å². The second-order valence-corrected chi connectivity index (χ2v) is 6.98. The van der Waals surface area contributed by atoms with Crippen molar-refractivity contribution in [3.8, 4) is 6.07 Å². The fraction of sp³-hybridized carbons (Fsp3) is 0.421. The Morgan fingerprint density at radius 3 is 3.18 bits per heavy atom. The minimum atomic E-state index is -0.476. The molecule has 144 valence electrons. The molecule has 0 bridgehead atoms. The van der Waals surface area contributed by atoms with Crippen molar-refractivity contribution in [2.75, 3.05) is 31.6 Å². The number of nitrogens with one attached hydrogen (secondary N) is 1. The first-order valence-electron chi connectivity index (χ1n) is 9.20. The molecular formula is C19H21N7O2. The molecule has 0 radical (unpaired) electrons. The van der Waals surface area contributed by atoms with E-state index >= 15 is 0 Å². The summed E-state index contributed by atoms with van der Waals surface area (Å²) < 4.78 is 5.61. The highest BCUT2D eigenvalue weighted by atomic mass is 16.6. The number of aromatic amines is 1. The summed E-state index contributed by atoms with van der Waals surface area (Å²) in [7, 11) is 1.56. The summed E-state index contributed by atoms with van der Waals surface area (Å²) in [5.74, 6) is 1.63. The van der Waals surface area contributed by atoms with Crippen LogP contribution in [0.2, 0.25) is 0 Å². The molecule has 28 heavy (non-hydrogen) atoms. The number of fused-ring (bicyclic) bond motifs is 3. The predicted octanol–water partition coefficient (Wildman–Crippen LogP) is 2.38. The molecule has 1 aliphatic heterocycles. The number of amides is 1. The highest BCUT2D eigenvalue weighted by molar-refractivity contribution is 6.09. The highest BCUT2D eigenvalue weighted by Crippen LogP contribution is 2.32. The van der Waals surface area contributed by atoms with Crippen molar-refractivity contribution in [1.29, 1.82) is 5.26 Å². The van der Waals surface area contributed by atoms with Gasteiger partial charge >= 0.3 is 6.09 Å². The van der Waals surface area contributed by atoms with Gasteiger partial charge in [0.25, 0.3) is 0 Å². The summed E-state index contributed by atoms with van der Waals surface area (Å²) in [4.78, 5) is 32.3. The summed E-state index contributed by atoms with van der Waals surface area (Å²) in [5.41, 5.74) is 1.58. The number of nitrogens with zero attached hydrogens (tertiary/aromatic N) is 6. The van der Waals surface area contributed by atoms with Crippen LogP contribution in [0, 0.1) is 18.3 Å². The minimum absolute atomic E-state index is 0.00411. The van der Waals surface area contributed by atoms with E-state index in [1.807, 2.05) is 19.1 Å². The van der Waals surface area contributed by atoms with Crippen molar-refractivity contribution in [3.05, 3.63) is 24.3 Å². The van der Waals surface area contributed by atoms with E-state index in [0.29, 0.717) is 12.2 Å². The molecule has 0 aliphatic carbocycles. The molecular weight excluding hydrogens is 358 g/mol. The van der Waals surface area contributed by atoms with Crippen molar-refractivity contribution in [3.63, 3.8) is 0 Å². The molecule has 1 saturated heterocycles. The van der Waals surface area contributed by atoms with Crippen LogP contribution >= 0.6 is 0 Å². The van der Waals surface area contributed by atoms with E-state index < -0.39 is 6.09 Å². The molecule has 9 nitrogen and oxygen atoms in total. The van der Waals surface area contributed by atoms with Crippen molar-refractivity contribution >= 4 is 33.8 Å². The number of pyridine rings is 1. The molecule has 3 aromatic rings. The lowest BCUT2D eigenvalue weighted by Crippen LogP contribution is -2.43. The van der Waals surface area contributed by atoms with Crippen molar-refractivity contribution in [1.82, 2.24) is 24.8 Å². The molecule has 1 fully saturated rings. The maximum absolute atomic E-state index is 12.1. The van der Waals surface area contributed by atoms with Crippen molar-refractivity contribution < 1.29 is 9.53 Å². The van der Waals surface area contributed by atoms with Gasteiger partial charge in [-0.05, 0) is 25.8 Å². The van der Waals surface area contributed by atoms with Crippen LogP contribution in [0.1, 0.15) is 18.7 Å². The standard InChI is InChI=1S/C19H21N7O2/c1-12-23-15-10-22-17-14(5-7-21-17)16(15)18(24-12)26-8-3-4-13(11-26)28-19(27)25(2)9-6-20/h5,7,10,13H,3-4,8-9,11H2,1-2H3,(H,23,24). The highest BCUT2D eigenvalue weighted by Gasteiger charge is 2.27. The van der Waals surface area contributed by atoms with E-state index in [4.69, 9.17) is 15.0 Å². The summed E-state index contributed by atoms with van der Waals surface area (Å²) in [6.07, 6.45) is 4.46.